The third-order valence-corrected chi connectivity index (χ3v) is 15.7. The van der Waals surface area contributed by atoms with Crippen molar-refractivity contribution in [2.45, 2.75) is 148 Å². The Morgan fingerprint density at radius 1 is 0.519 bits per heavy atom. The Labute approximate surface area is 179 Å². The topological polar surface area (TPSA) is 0 Å². The third kappa shape index (κ3) is 12.0. The van der Waals surface area contributed by atoms with Crippen molar-refractivity contribution in [1.29, 1.82) is 0 Å². The Morgan fingerprint density at radius 3 is 1.19 bits per heavy atom. The molecule has 0 nitrogen and oxygen atoms in total. The van der Waals surface area contributed by atoms with Crippen LogP contribution in [0.15, 0.2) is 0 Å². The van der Waals surface area contributed by atoms with Crippen molar-refractivity contribution in [2.75, 3.05) is 11.5 Å². The molecule has 0 aromatic rings. The molecule has 2 heteroatoms. The maximum atomic E-state index is 2.51. The lowest BCUT2D eigenvalue weighted by molar-refractivity contribution is 0.547. The first kappa shape index (κ1) is 27.6. The standard InChI is InChI=1S/C25H54SSi/c1-8-26-21-19-17-15-13-11-9-10-12-14-16-18-20-22-27(23(2)3,24(4)5)25(6)7/h23-25H,8-22H2,1-7H3. The fraction of sp³-hybridized carbons (Fsp3) is 1.00. The molecular formula is C25H54SSi. The molecule has 0 unspecified atom stereocenters. The van der Waals surface area contributed by atoms with E-state index in [1.807, 2.05) is 0 Å². The van der Waals surface area contributed by atoms with Crippen LogP contribution in [-0.4, -0.2) is 19.6 Å². The summed E-state index contributed by atoms with van der Waals surface area (Å²) in [5, 5.41) is 0. The van der Waals surface area contributed by atoms with Gasteiger partial charge in [0, 0.05) is 0 Å². The molecule has 164 valence electrons. The lowest BCUT2D eigenvalue weighted by Crippen LogP contribution is -2.44. The predicted octanol–water partition coefficient (Wildman–Crippen LogP) is 10.1. The van der Waals surface area contributed by atoms with Crippen LogP contribution in [-0.2, 0) is 0 Å². The smallest absolute Gasteiger partial charge is 0.0612 e. The molecule has 0 atom stereocenters. The first-order valence-corrected chi connectivity index (χ1v) is 16.1. The fourth-order valence-electron chi connectivity index (χ4n) is 5.41. The molecule has 0 saturated carbocycles. The summed E-state index contributed by atoms with van der Waals surface area (Å²) in [6.45, 7) is 17.3. The van der Waals surface area contributed by atoms with Crippen molar-refractivity contribution in [3.8, 4) is 0 Å². The van der Waals surface area contributed by atoms with Crippen LogP contribution < -0.4 is 0 Å². The molecule has 0 heterocycles. The van der Waals surface area contributed by atoms with E-state index in [1.54, 1.807) is 6.04 Å². The van der Waals surface area contributed by atoms with Gasteiger partial charge in [0.15, 0.2) is 0 Å². The second-order valence-corrected chi connectivity index (χ2v) is 17.3. The number of hydrogen-bond donors (Lipinski definition) is 0. The van der Waals surface area contributed by atoms with Gasteiger partial charge in [-0.2, -0.15) is 11.8 Å². The summed E-state index contributed by atoms with van der Waals surface area (Å²) in [6, 6.07) is 1.57. The summed E-state index contributed by atoms with van der Waals surface area (Å²) in [7, 11) is -1.13. The van der Waals surface area contributed by atoms with Crippen LogP contribution in [0.1, 0.15) is 126 Å². The van der Waals surface area contributed by atoms with Gasteiger partial charge in [-0.25, -0.2) is 0 Å². The SMILES string of the molecule is CCSCCCCCCCCCCCCCC[Si](C(C)C)(C(C)C)C(C)C. The van der Waals surface area contributed by atoms with Gasteiger partial charge in [0.25, 0.3) is 0 Å². The number of thioether (sulfide) groups is 1. The Balaban J connectivity index is 3.59. The molecule has 0 aliphatic heterocycles. The van der Waals surface area contributed by atoms with Gasteiger partial charge in [0.05, 0.1) is 8.07 Å². The number of hydrogen-bond acceptors (Lipinski definition) is 1. The molecular weight excluding hydrogens is 360 g/mol. The Kier molecular flexibility index (Phi) is 17.8. The molecule has 0 radical (unpaired) electrons. The average molecular weight is 415 g/mol. The van der Waals surface area contributed by atoms with Gasteiger partial charge in [0.2, 0.25) is 0 Å². The van der Waals surface area contributed by atoms with Gasteiger partial charge >= 0.3 is 0 Å². The first-order valence-electron chi connectivity index (χ1n) is 12.5. The van der Waals surface area contributed by atoms with Gasteiger partial charge in [-0.3, -0.25) is 0 Å². The summed E-state index contributed by atoms with van der Waals surface area (Å²) >= 11 is 2.10. The zero-order valence-corrected chi connectivity index (χ0v) is 22.1. The predicted molar refractivity (Wildman–Crippen MR) is 134 cm³/mol. The molecule has 0 N–H and O–H groups in total. The second-order valence-electron chi connectivity index (χ2n) is 9.77. The third-order valence-electron chi connectivity index (χ3n) is 7.08. The highest BCUT2D eigenvalue weighted by Gasteiger charge is 2.41. The average Bonchev–Trinajstić information content (AvgIpc) is 2.60. The minimum Gasteiger partial charge on any atom is -0.162 e. The maximum Gasteiger partial charge on any atom is 0.0612 e. The molecule has 0 bridgehead atoms. The molecule has 0 aromatic carbocycles. The molecule has 27 heavy (non-hydrogen) atoms. The van der Waals surface area contributed by atoms with E-state index in [4.69, 9.17) is 0 Å². The monoisotopic (exact) mass is 414 g/mol. The van der Waals surface area contributed by atoms with Crippen LogP contribution in [0.2, 0.25) is 22.7 Å². The van der Waals surface area contributed by atoms with Gasteiger partial charge in [-0.05, 0) is 17.9 Å². The molecule has 0 amide bonds. The van der Waals surface area contributed by atoms with E-state index in [2.05, 4.69) is 60.2 Å². The molecule has 0 aliphatic rings. The highest BCUT2D eigenvalue weighted by Crippen LogP contribution is 2.45. The van der Waals surface area contributed by atoms with Crippen molar-refractivity contribution in [3.05, 3.63) is 0 Å². The molecule has 0 rings (SSSR count). The van der Waals surface area contributed by atoms with Gasteiger partial charge in [-0.15, -0.1) is 0 Å². The van der Waals surface area contributed by atoms with Gasteiger partial charge < -0.3 is 0 Å². The zero-order chi connectivity index (χ0) is 20.5. The van der Waals surface area contributed by atoms with E-state index in [9.17, 15) is 0 Å². The fourth-order valence-corrected chi connectivity index (χ4v) is 12.7. The highest BCUT2D eigenvalue weighted by atomic mass is 32.2. The molecule has 0 spiro atoms. The van der Waals surface area contributed by atoms with Crippen LogP contribution in [0.5, 0.6) is 0 Å². The Bertz CT molecular complexity index is 290. The second kappa shape index (κ2) is 17.4. The summed E-state index contributed by atoms with van der Waals surface area (Å²) < 4.78 is 0. The van der Waals surface area contributed by atoms with E-state index in [0.29, 0.717) is 0 Å². The lowest BCUT2D eigenvalue weighted by atomic mass is 10.1. The minimum absolute atomic E-state index is 0.933. The summed E-state index contributed by atoms with van der Waals surface area (Å²) in [6.07, 6.45) is 17.7. The van der Waals surface area contributed by atoms with Crippen LogP contribution in [0.25, 0.3) is 0 Å². The normalized spacial score (nSPS) is 12.7. The minimum atomic E-state index is -1.13. The summed E-state index contributed by atoms with van der Waals surface area (Å²) in [5.74, 6) is 2.67. The Hall–Kier alpha value is 0.567. The quantitative estimate of drug-likeness (QED) is 0.149. The zero-order valence-electron chi connectivity index (χ0n) is 20.2. The van der Waals surface area contributed by atoms with Crippen molar-refractivity contribution >= 4 is 19.8 Å². The molecule has 0 saturated heterocycles. The van der Waals surface area contributed by atoms with Crippen molar-refractivity contribution in [2.24, 2.45) is 0 Å². The van der Waals surface area contributed by atoms with Crippen LogP contribution in [0, 0.1) is 0 Å². The molecule has 0 fully saturated rings. The lowest BCUT2D eigenvalue weighted by Gasteiger charge is -2.43. The molecule has 0 aromatic heterocycles. The largest absolute Gasteiger partial charge is 0.162 e. The summed E-state index contributed by atoms with van der Waals surface area (Å²) in [4.78, 5) is 0. The maximum absolute atomic E-state index is 2.51. The van der Waals surface area contributed by atoms with Crippen LogP contribution >= 0.6 is 11.8 Å². The van der Waals surface area contributed by atoms with Crippen molar-refractivity contribution in [3.63, 3.8) is 0 Å². The summed E-state index contributed by atoms with van der Waals surface area (Å²) in [5.41, 5.74) is 2.80. The van der Waals surface area contributed by atoms with Crippen LogP contribution in [0.3, 0.4) is 0 Å². The van der Waals surface area contributed by atoms with E-state index in [0.717, 1.165) is 16.6 Å². The van der Waals surface area contributed by atoms with Gasteiger partial charge in [-0.1, -0.05) is 142 Å². The van der Waals surface area contributed by atoms with Crippen molar-refractivity contribution < 1.29 is 0 Å². The molecule has 0 aliphatic carbocycles. The Morgan fingerprint density at radius 2 is 0.852 bits per heavy atom. The van der Waals surface area contributed by atoms with E-state index < -0.39 is 8.07 Å². The number of rotatable bonds is 19. The van der Waals surface area contributed by atoms with Gasteiger partial charge in [0.1, 0.15) is 0 Å². The van der Waals surface area contributed by atoms with Crippen LogP contribution in [0.4, 0.5) is 0 Å². The number of unbranched alkanes of at least 4 members (excludes halogenated alkanes) is 11. The highest BCUT2D eigenvalue weighted by molar-refractivity contribution is 7.99. The van der Waals surface area contributed by atoms with Crippen molar-refractivity contribution in [1.82, 2.24) is 0 Å². The van der Waals surface area contributed by atoms with E-state index >= 15 is 0 Å². The first-order chi connectivity index (χ1) is 12.9. The van der Waals surface area contributed by atoms with E-state index in [-0.39, 0.29) is 0 Å². The van der Waals surface area contributed by atoms with E-state index in [1.165, 1.54) is 88.6 Å².